The summed E-state index contributed by atoms with van der Waals surface area (Å²) in [7, 11) is 3.25. The van der Waals surface area contributed by atoms with Crippen molar-refractivity contribution in [3.63, 3.8) is 0 Å². The fourth-order valence-electron chi connectivity index (χ4n) is 1.69. The molecule has 19 heavy (non-hydrogen) atoms. The lowest BCUT2D eigenvalue weighted by molar-refractivity contribution is -0.385. The van der Waals surface area contributed by atoms with E-state index in [9.17, 15) is 10.1 Å². The molecule has 0 amide bonds. The normalized spacial score (nSPS) is 10.2. The van der Waals surface area contributed by atoms with Gasteiger partial charge in [-0.25, -0.2) is 0 Å². The smallest absolute Gasteiger partial charge is 0.311 e. The Hall–Kier alpha value is -2.57. The van der Waals surface area contributed by atoms with Gasteiger partial charge in [0.2, 0.25) is 0 Å². The zero-order valence-electron chi connectivity index (χ0n) is 10.7. The van der Waals surface area contributed by atoms with Crippen molar-refractivity contribution in [1.29, 1.82) is 0 Å². The van der Waals surface area contributed by atoms with Crippen molar-refractivity contribution in [2.24, 2.45) is 7.05 Å². The van der Waals surface area contributed by atoms with Crippen LogP contribution in [0.25, 0.3) is 0 Å². The standard InChI is InChI=1S/C12H14N4O3/c1-15-6-5-10(14-15)8-13-9-3-4-11(16(17)18)12(7-9)19-2/h3-7,13H,8H2,1-2H3. The number of rotatable bonds is 5. The lowest BCUT2D eigenvalue weighted by Crippen LogP contribution is -2.02. The molecule has 0 unspecified atom stereocenters. The van der Waals surface area contributed by atoms with Gasteiger partial charge in [-0.2, -0.15) is 5.10 Å². The van der Waals surface area contributed by atoms with Crippen LogP contribution >= 0.6 is 0 Å². The Balaban J connectivity index is 2.11. The number of anilines is 1. The summed E-state index contributed by atoms with van der Waals surface area (Å²) in [6, 6.07) is 6.56. The van der Waals surface area contributed by atoms with E-state index in [0.717, 1.165) is 11.4 Å². The van der Waals surface area contributed by atoms with Crippen molar-refractivity contribution in [1.82, 2.24) is 9.78 Å². The van der Waals surface area contributed by atoms with E-state index < -0.39 is 4.92 Å². The molecule has 1 aromatic carbocycles. The summed E-state index contributed by atoms with van der Waals surface area (Å²) < 4.78 is 6.72. The lowest BCUT2D eigenvalue weighted by atomic mass is 10.2. The Labute approximate surface area is 110 Å². The van der Waals surface area contributed by atoms with Gasteiger partial charge in [-0.1, -0.05) is 0 Å². The van der Waals surface area contributed by atoms with Crippen LogP contribution in [0, 0.1) is 10.1 Å². The van der Waals surface area contributed by atoms with Crippen molar-refractivity contribution in [2.75, 3.05) is 12.4 Å². The number of ether oxygens (including phenoxy) is 1. The Morgan fingerprint density at radius 1 is 1.47 bits per heavy atom. The molecule has 7 heteroatoms. The highest BCUT2D eigenvalue weighted by molar-refractivity contribution is 5.57. The molecule has 1 aromatic heterocycles. The number of nitrogens with one attached hydrogen (secondary N) is 1. The predicted molar refractivity (Wildman–Crippen MR) is 70.2 cm³/mol. The molecule has 0 aliphatic heterocycles. The fraction of sp³-hybridized carbons (Fsp3) is 0.250. The Bertz CT molecular complexity index is 594. The van der Waals surface area contributed by atoms with Crippen LogP contribution in [0.1, 0.15) is 5.69 Å². The SMILES string of the molecule is COc1cc(NCc2ccn(C)n2)ccc1[N+](=O)[O-]. The number of hydrogen-bond donors (Lipinski definition) is 1. The van der Waals surface area contributed by atoms with Gasteiger partial charge < -0.3 is 10.1 Å². The van der Waals surface area contributed by atoms with Crippen molar-refractivity contribution in [3.8, 4) is 5.75 Å². The number of benzene rings is 1. The van der Waals surface area contributed by atoms with E-state index in [4.69, 9.17) is 4.74 Å². The lowest BCUT2D eigenvalue weighted by Gasteiger charge is -2.07. The first-order valence-electron chi connectivity index (χ1n) is 5.65. The molecule has 0 aliphatic rings. The summed E-state index contributed by atoms with van der Waals surface area (Å²) in [6.45, 7) is 0.543. The fourth-order valence-corrected chi connectivity index (χ4v) is 1.69. The average molecular weight is 262 g/mol. The van der Waals surface area contributed by atoms with Gasteiger partial charge in [0.25, 0.3) is 0 Å². The number of nitro benzene ring substituents is 1. The van der Waals surface area contributed by atoms with E-state index in [1.54, 1.807) is 16.8 Å². The van der Waals surface area contributed by atoms with E-state index in [1.165, 1.54) is 13.2 Å². The van der Waals surface area contributed by atoms with E-state index in [0.29, 0.717) is 6.54 Å². The molecule has 0 atom stereocenters. The summed E-state index contributed by atoms with van der Waals surface area (Å²) in [5.74, 6) is 0.232. The van der Waals surface area contributed by atoms with Crippen LogP contribution in [0.5, 0.6) is 5.75 Å². The molecular formula is C12H14N4O3. The summed E-state index contributed by atoms with van der Waals surface area (Å²) in [5.41, 5.74) is 1.58. The highest BCUT2D eigenvalue weighted by Crippen LogP contribution is 2.29. The molecule has 0 radical (unpaired) electrons. The topological polar surface area (TPSA) is 82.2 Å². The number of nitro groups is 1. The molecule has 0 fully saturated rings. The average Bonchev–Trinajstić information content (AvgIpc) is 2.81. The van der Waals surface area contributed by atoms with Gasteiger partial charge >= 0.3 is 5.69 Å². The molecule has 1 N–H and O–H groups in total. The van der Waals surface area contributed by atoms with Gasteiger partial charge in [0.05, 0.1) is 24.3 Å². The number of methoxy groups -OCH3 is 1. The van der Waals surface area contributed by atoms with Gasteiger partial charge in [0.1, 0.15) is 0 Å². The minimum absolute atomic E-state index is 0.0501. The number of nitrogens with zero attached hydrogens (tertiary/aromatic N) is 3. The van der Waals surface area contributed by atoms with Crippen LogP contribution < -0.4 is 10.1 Å². The van der Waals surface area contributed by atoms with Gasteiger partial charge in [0.15, 0.2) is 5.75 Å². The van der Waals surface area contributed by atoms with Crippen molar-refractivity contribution >= 4 is 11.4 Å². The highest BCUT2D eigenvalue weighted by atomic mass is 16.6. The minimum atomic E-state index is -0.471. The second kappa shape index (κ2) is 5.38. The van der Waals surface area contributed by atoms with Gasteiger partial charge in [-0.15, -0.1) is 0 Å². The second-order valence-corrected chi connectivity index (χ2v) is 3.98. The van der Waals surface area contributed by atoms with Gasteiger partial charge in [-0.3, -0.25) is 14.8 Å². The molecule has 0 spiro atoms. The first-order chi connectivity index (χ1) is 9.10. The quantitative estimate of drug-likeness (QED) is 0.657. The molecule has 0 bridgehead atoms. The minimum Gasteiger partial charge on any atom is -0.490 e. The van der Waals surface area contributed by atoms with E-state index >= 15 is 0 Å². The Morgan fingerprint density at radius 3 is 2.84 bits per heavy atom. The number of aryl methyl sites for hydroxylation is 1. The maximum absolute atomic E-state index is 10.8. The monoisotopic (exact) mass is 262 g/mol. The Morgan fingerprint density at radius 2 is 2.26 bits per heavy atom. The van der Waals surface area contributed by atoms with Crippen LogP contribution in [-0.2, 0) is 13.6 Å². The van der Waals surface area contributed by atoms with Crippen LogP contribution in [0.4, 0.5) is 11.4 Å². The summed E-state index contributed by atoms with van der Waals surface area (Å²) in [5, 5.41) is 18.1. The predicted octanol–water partition coefficient (Wildman–Crippen LogP) is 1.95. The maximum Gasteiger partial charge on any atom is 0.311 e. The third-order valence-corrected chi connectivity index (χ3v) is 2.62. The summed E-state index contributed by atoms with van der Waals surface area (Å²) in [4.78, 5) is 10.3. The largest absolute Gasteiger partial charge is 0.490 e. The molecular weight excluding hydrogens is 248 g/mol. The van der Waals surface area contributed by atoms with Crippen LogP contribution in [0.15, 0.2) is 30.5 Å². The first kappa shape index (κ1) is 12.9. The zero-order valence-corrected chi connectivity index (χ0v) is 10.7. The molecule has 2 aromatic rings. The van der Waals surface area contributed by atoms with E-state index in [2.05, 4.69) is 10.4 Å². The molecule has 100 valence electrons. The molecule has 0 saturated carbocycles. The second-order valence-electron chi connectivity index (χ2n) is 3.98. The Kier molecular flexibility index (Phi) is 3.65. The third kappa shape index (κ3) is 3.01. The van der Waals surface area contributed by atoms with Crippen LogP contribution in [-0.4, -0.2) is 21.8 Å². The summed E-state index contributed by atoms with van der Waals surface area (Å²) in [6.07, 6.45) is 1.85. The molecule has 7 nitrogen and oxygen atoms in total. The summed E-state index contributed by atoms with van der Waals surface area (Å²) >= 11 is 0. The number of aromatic nitrogens is 2. The van der Waals surface area contributed by atoms with Crippen molar-refractivity contribution in [2.45, 2.75) is 6.54 Å². The zero-order chi connectivity index (χ0) is 13.8. The van der Waals surface area contributed by atoms with Crippen molar-refractivity contribution in [3.05, 3.63) is 46.3 Å². The van der Waals surface area contributed by atoms with Crippen LogP contribution in [0.3, 0.4) is 0 Å². The third-order valence-electron chi connectivity index (χ3n) is 2.62. The first-order valence-corrected chi connectivity index (χ1v) is 5.65. The van der Waals surface area contributed by atoms with Gasteiger partial charge in [0, 0.05) is 31.1 Å². The maximum atomic E-state index is 10.8. The van der Waals surface area contributed by atoms with Gasteiger partial charge in [-0.05, 0) is 12.1 Å². The molecule has 1 heterocycles. The molecule has 2 rings (SSSR count). The van der Waals surface area contributed by atoms with E-state index in [1.807, 2.05) is 19.3 Å². The van der Waals surface area contributed by atoms with E-state index in [-0.39, 0.29) is 11.4 Å². The van der Waals surface area contributed by atoms with Crippen molar-refractivity contribution < 1.29 is 9.66 Å². The molecule has 0 aliphatic carbocycles. The van der Waals surface area contributed by atoms with Crippen LogP contribution in [0.2, 0.25) is 0 Å². The molecule has 0 saturated heterocycles. The number of hydrogen-bond acceptors (Lipinski definition) is 5. The highest BCUT2D eigenvalue weighted by Gasteiger charge is 2.14.